The number of alkyl halides is 5. The zero-order valence-electron chi connectivity index (χ0n) is 12.2. The van der Waals surface area contributed by atoms with Crippen LogP contribution in [0.15, 0.2) is 24.3 Å². The van der Waals surface area contributed by atoms with Crippen molar-refractivity contribution in [3.63, 3.8) is 0 Å². The van der Waals surface area contributed by atoms with Gasteiger partial charge < -0.3 is 14.8 Å². The fourth-order valence-electron chi connectivity index (χ4n) is 1.85. The fraction of sp³-hybridized carbons (Fsp3) is 0.429. The molecule has 0 aromatic heterocycles. The maximum Gasteiger partial charge on any atom is 0.573 e. The predicted molar refractivity (Wildman–Crippen MR) is 79.9 cm³/mol. The van der Waals surface area contributed by atoms with Crippen molar-refractivity contribution in [2.75, 3.05) is 11.9 Å². The molecule has 1 aromatic rings. The molecule has 0 spiro atoms. The zero-order chi connectivity index (χ0) is 18.2. The highest BCUT2D eigenvalue weighted by molar-refractivity contribution is 6.53. The maximum absolute atomic E-state index is 12.0. The van der Waals surface area contributed by atoms with Gasteiger partial charge in [-0.15, -0.1) is 36.4 Å². The topological polar surface area (TPSA) is 64.6 Å². The van der Waals surface area contributed by atoms with E-state index in [9.17, 15) is 22.8 Å². The lowest BCUT2D eigenvalue weighted by Crippen LogP contribution is -2.26. The molecule has 1 aliphatic carbocycles. The fourth-order valence-corrected chi connectivity index (χ4v) is 2.54. The van der Waals surface area contributed by atoms with Gasteiger partial charge in [0.15, 0.2) is 6.61 Å². The van der Waals surface area contributed by atoms with Crippen molar-refractivity contribution >= 4 is 40.8 Å². The molecule has 1 aliphatic rings. The summed E-state index contributed by atoms with van der Waals surface area (Å²) >= 11 is 11.6. The minimum atomic E-state index is -4.79. The number of rotatable bonds is 5. The van der Waals surface area contributed by atoms with Crippen molar-refractivity contribution in [1.29, 1.82) is 0 Å². The van der Waals surface area contributed by atoms with Crippen LogP contribution in [0.25, 0.3) is 0 Å². The summed E-state index contributed by atoms with van der Waals surface area (Å²) in [4.78, 5) is 23.5. The van der Waals surface area contributed by atoms with Gasteiger partial charge in [0.2, 0.25) is 0 Å². The predicted octanol–water partition coefficient (Wildman–Crippen LogP) is 3.65. The average molecular weight is 386 g/mol. The van der Waals surface area contributed by atoms with Gasteiger partial charge in [0.25, 0.3) is 5.91 Å². The van der Waals surface area contributed by atoms with Crippen LogP contribution in [0.5, 0.6) is 5.75 Å². The largest absolute Gasteiger partial charge is 0.573 e. The molecule has 1 atom stereocenters. The third-order valence-electron chi connectivity index (χ3n) is 3.41. The van der Waals surface area contributed by atoms with Gasteiger partial charge in [-0.05, 0) is 31.2 Å². The van der Waals surface area contributed by atoms with E-state index in [0.717, 1.165) is 12.1 Å². The van der Waals surface area contributed by atoms with Gasteiger partial charge >= 0.3 is 12.3 Å². The van der Waals surface area contributed by atoms with Crippen LogP contribution in [0.3, 0.4) is 0 Å². The molecule has 1 fully saturated rings. The molecule has 0 unspecified atom stereocenters. The van der Waals surface area contributed by atoms with Gasteiger partial charge in [-0.2, -0.15) is 0 Å². The number of esters is 1. The molecule has 0 bridgehead atoms. The maximum atomic E-state index is 12.0. The summed E-state index contributed by atoms with van der Waals surface area (Å²) in [5.74, 6) is -1.78. The van der Waals surface area contributed by atoms with E-state index < -0.39 is 40.3 Å². The van der Waals surface area contributed by atoms with E-state index >= 15 is 0 Å². The van der Waals surface area contributed by atoms with Crippen molar-refractivity contribution < 1.29 is 32.2 Å². The van der Waals surface area contributed by atoms with Gasteiger partial charge in [0.1, 0.15) is 15.5 Å². The smallest absolute Gasteiger partial charge is 0.455 e. The second kappa shape index (κ2) is 6.33. The van der Waals surface area contributed by atoms with Crippen molar-refractivity contribution in [2.45, 2.75) is 24.0 Å². The minimum Gasteiger partial charge on any atom is -0.455 e. The van der Waals surface area contributed by atoms with Crippen LogP contribution < -0.4 is 10.1 Å². The molecule has 2 rings (SSSR count). The van der Waals surface area contributed by atoms with E-state index in [1.807, 2.05) is 0 Å². The Bertz CT molecular complexity index is 648. The molecular formula is C14H12Cl2F3NO4. The molecule has 1 N–H and O–H groups in total. The van der Waals surface area contributed by atoms with E-state index in [2.05, 4.69) is 10.1 Å². The molecule has 0 aliphatic heterocycles. The molecule has 132 valence electrons. The first-order valence-corrected chi connectivity index (χ1v) is 7.39. The number of halogens is 5. The Hall–Kier alpha value is -1.67. The van der Waals surface area contributed by atoms with Crippen LogP contribution in [0.2, 0.25) is 0 Å². The number of benzene rings is 1. The summed E-state index contributed by atoms with van der Waals surface area (Å²) in [6.45, 7) is 0.950. The molecular weight excluding hydrogens is 374 g/mol. The number of carbonyl (C=O) groups excluding carboxylic acids is 2. The highest BCUT2D eigenvalue weighted by atomic mass is 35.5. The molecule has 0 heterocycles. The van der Waals surface area contributed by atoms with Crippen LogP contribution >= 0.6 is 23.2 Å². The number of anilines is 1. The van der Waals surface area contributed by atoms with Gasteiger partial charge in [0.05, 0.1) is 0 Å². The lowest BCUT2D eigenvalue weighted by atomic mass is 10.1. The SMILES string of the molecule is C[C@@]1(C(=O)OCC(=O)Nc2ccc(OC(F)(F)F)cc2)CC1(Cl)Cl. The van der Waals surface area contributed by atoms with Crippen LogP contribution in [0.1, 0.15) is 13.3 Å². The Morgan fingerprint density at radius 2 is 1.79 bits per heavy atom. The van der Waals surface area contributed by atoms with E-state index in [-0.39, 0.29) is 12.1 Å². The highest BCUT2D eigenvalue weighted by Gasteiger charge is 2.69. The number of amides is 1. The second-order valence-electron chi connectivity index (χ2n) is 5.41. The first-order chi connectivity index (χ1) is 10.9. The first kappa shape index (κ1) is 18.7. The second-order valence-corrected chi connectivity index (χ2v) is 6.89. The number of carbonyl (C=O) groups is 2. The van der Waals surface area contributed by atoms with Gasteiger partial charge in [0, 0.05) is 12.1 Å². The van der Waals surface area contributed by atoms with E-state index in [4.69, 9.17) is 27.9 Å². The first-order valence-electron chi connectivity index (χ1n) is 6.64. The molecule has 1 aromatic carbocycles. The van der Waals surface area contributed by atoms with Crippen molar-refractivity contribution in [2.24, 2.45) is 5.41 Å². The summed E-state index contributed by atoms with van der Waals surface area (Å²) in [6.07, 6.45) is -4.57. The van der Waals surface area contributed by atoms with Gasteiger partial charge in [-0.1, -0.05) is 0 Å². The zero-order valence-corrected chi connectivity index (χ0v) is 13.8. The van der Waals surface area contributed by atoms with Crippen molar-refractivity contribution in [3.8, 4) is 5.75 Å². The third kappa shape index (κ3) is 4.45. The van der Waals surface area contributed by atoms with Crippen molar-refractivity contribution in [3.05, 3.63) is 24.3 Å². The number of hydrogen-bond acceptors (Lipinski definition) is 4. The Morgan fingerprint density at radius 3 is 2.25 bits per heavy atom. The highest BCUT2D eigenvalue weighted by Crippen LogP contribution is 2.64. The Kier molecular flexibility index (Phi) is 4.92. The Labute approximate surface area is 145 Å². The molecule has 1 amide bonds. The average Bonchev–Trinajstić information content (AvgIpc) is 2.97. The van der Waals surface area contributed by atoms with Crippen LogP contribution in [-0.2, 0) is 14.3 Å². The molecule has 1 saturated carbocycles. The normalized spacial score (nSPS) is 21.8. The summed E-state index contributed by atoms with van der Waals surface area (Å²) < 4.78 is 43.4. The lowest BCUT2D eigenvalue weighted by molar-refractivity contribution is -0.274. The molecule has 0 saturated heterocycles. The minimum absolute atomic E-state index is 0.215. The summed E-state index contributed by atoms with van der Waals surface area (Å²) in [5.41, 5.74) is -0.834. The van der Waals surface area contributed by atoms with E-state index in [1.165, 1.54) is 19.1 Å². The summed E-state index contributed by atoms with van der Waals surface area (Å²) in [5, 5.41) is 2.36. The van der Waals surface area contributed by atoms with Gasteiger partial charge in [-0.3, -0.25) is 9.59 Å². The van der Waals surface area contributed by atoms with Crippen LogP contribution in [0, 0.1) is 5.41 Å². The quantitative estimate of drug-likeness (QED) is 0.620. The molecule has 10 heteroatoms. The Balaban J connectivity index is 1.81. The number of nitrogens with one attached hydrogen (secondary N) is 1. The number of hydrogen-bond donors (Lipinski definition) is 1. The number of ether oxygens (including phenoxy) is 2. The Morgan fingerprint density at radius 1 is 1.25 bits per heavy atom. The third-order valence-corrected chi connectivity index (χ3v) is 4.52. The van der Waals surface area contributed by atoms with Crippen molar-refractivity contribution in [1.82, 2.24) is 0 Å². The lowest BCUT2D eigenvalue weighted by Gasteiger charge is -2.12. The summed E-state index contributed by atoms with van der Waals surface area (Å²) in [7, 11) is 0. The van der Waals surface area contributed by atoms with Crippen LogP contribution in [-0.4, -0.2) is 29.2 Å². The molecule has 24 heavy (non-hydrogen) atoms. The monoisotopic (exact) mass is 385 g/mol. The molecule has 5 nitrogen and oxygen atoms in total. The molecule has 0 radical (unpaired) electrons. The van der Waals surface area contributed by atoms with E-state index in [0.29, 0.717) is 0 Å². The standard InChI is InChI=1S/C14H12Cl2F3NO4/c1-12(7-13(12,15)16)11(22)23-6-10(21)20-8-2-4-9(5-3-8)24-14(17,18)19/h2-5H,6-7H2,1H3,(H,20,21)/t12-/m0/s1. The van der Waals surface area contributed by atoms with E-state index in [1.54, 1.807) is 0 Å². The summed E-state index contributed by atoms with van der Waals surface area (Å²) in [6, 6.07) is 4.50. The van der Waals surface area contributed by atoms with Gasteiger partial charge in [-0.25, -0.2) is 0 Å². The van der Waals surface area contributed by atoms with Crippen LogP contribution in [0.4, 0.5) is 18.9 Å².